The molecule has 0 aliphatic carbocycles. The van der Waals surface area contributed by atoms with Crippen molar-refractivity contribution in [3.8, 4) is 0 Å². The number of fused-ring (bicyclic) bond motifs is 1. The fourth-order valence-electron chi connectivity index (χ4n) is 3.65. The van der Waals surface area contributed by atoms with Gasteiger partial charge in [-0.15, -0.1) is 0 Å². The SMILES string of the molecule is CN1Cc2c(C(C)(C)C(N)=O)cc(N3CCOCC3)nc2N1c1ccn[nH]1. The summed E-state index contributed by atoms with van der Waals surface area (Å²) in [4.78, 5) is 19.4. The minimum absolute atomic E-state index is 0.355. The molecular formula is C18H25N7O2. The third-order valence-corrected chi connectivity index (χ3v) is 5.36. The van der Waals surface area contributed by atoms with E-state index in [4.69, 9.17) is 15.5 Å². The van der Waals surface area contributed by atoms with Crippen LogP contribution in [0.3, 0.4) is 0 Å². The first-order valence-electron chi connectivity index (χ1n) is 9.07. The van der Waals surface area contributed by atoms with Gasteiger partial charge >= 0.3 is 0 Å². The Morgan fingerprint density at radius 3 is 2.70 bits per heavy atom. The van der Waals surface area contributed by atoms with Gasteiger partial charge < -0.3 is 15.4 Å². The minimum atomic E-state index is -0.807. The second-order valence-electron chi connectivity index (χ2n) is 7.49. The first-order valence-corrected chi connectivity index (χ1v) is 9.07. The second kappa shape index (κ2) is 6.50. The number of hydrogen-bond acceptors (Lipinski definition) is 7. The van der Waals surface area contributed by atoms with E-state index in [1.165, 1.54) is 0 Å². The molecule has 144 valence electrons. The number of carbonyl (C=O) groups is 1. The lowest BCUT2D eigenvalue weighted by Crippen LogP contribution is -2.39. The first kappa shape index (κ1) is 17.7. The Hall–Kier alpha value is -2.65. The summed E-state index contributed by atoms with van der Waals surface area (Å²) in [5.41, 5.74) is 6.87. The number of primary amides is 1. The van der Waals surface area contributed by atoms with E-state index in [1.807, 2.05) is 38.0 Å². The van der Waals surface area contributed by atoms with Crippen molar-refractivity contribution in [1.82, 2.24) is 20.2 Å². The minimum Gasteiger partial charge on any atom is -0.378 e. The predicted molar refractivity (Wildman–Crippen MR) is 102 cm³/mol. The van der Waals surface area contributed by atoms with E-state index in [2.05, 4.69) is 20.1 Å². The molecule has 1 saturated heterocycles. The van der Waals surface area contributed by atoms with E-state index in [-0.39, 0.29) is 5.91 Å². The summed E-state index contributed by atoms with van der Waals surface area (Å²) < 4.78 is 5.47. The molecule has 2 aliphatic heterocycles. The maximum Gasteiger partial charge on any atom is 0.227 e. The van der Waals surface area contributed by atoms with Gasteiger partial charge in [0.25, 0.3) is 0 Å². The van der Waals surface area contributed by atoms with Gasteiger partial charge in [0.15, 0.2) is 5.82 Å². The smallest absolute Gasteiger partial charge is 0.227 e. The molecule has 1 fully saturated rings. The number of aromatic nitrogens is 3. The monoisotopic (exact) mass is 371 g/mol. The molecule has 0 spiro atoms. The molecule has 2 aliphatic rings. The van der Waals surface area contributed by atoms with Gasteiger partial charge in [-0.25, -0.2) is 15.0 Å². The zero-order chi connectivity index (χ0) is 19.2. The molecule has 0 atom stereocenters. The van der Waals surface area contributed by atoms with Crippen LogP contribution in [0.2, 0.25) is 0 Å². The van der Waals surface area contributed by atoms with Crippen LogP contribution in [-0.4, -0.2) is 59.4 Å². The molecular weight excluding hydrogens is 346 g/mol. The highest BCUT2D eigenvalue weighted by molar-refractivity contribution is 5.87. The zero-order valence-corrected chi connectivity index (χ0v) is 15.9. The average Bonchev–Trinajstić information content (AvgIpc) is 3.27. The molecule has 0 saturated carbocycles. The second-order valence-corrected chi connectivity index (χ2v) is 7.49. The molecule has 0 bridgehead atoms. The fourth-order valence-corrected chi connectivity index (χ4v) is 3.65. The number of hydrogen-bond donors (Lipinski definition) is 2. The van der Waals surface area contributed by atoms with Crippen molar-refractivity contribution in [3.05, 3.63) is 29.5 Å². The normalized spacial score (nSPS) is 18.0. The maximum absolute atomic E-state index is 12.2. The number of pyridine rings is 1. The number of nitrogens with two attached hydrogens (primary N) is 1. The van der Waals surface area contributed by atoms with Crippen molar-refractivity contribution in [1.29, 1.82) is 0 Å². The molecule has 4 rings (SSSR count). The maximum atomic E-state index is 12.2. The van der Waals surface area contributed by atoms with Crippen LogP contribution in [0.5, 0.6) is 0 Å². The van der Waals surface area contributed by atoms with Crippen molar-refractivity contribution < 1.29 is 9.53 Å². The third kappa shape index (κ3) is 2.92. The summed E-state index contributed by atoms with van der Waals surface area (Å²) in [6.07, 6.45) is 1.71. The number of nitrogens with zero attached hydrogens (tertiary/aromatic N) is 5. The van der Waals surface area contributed by atoms with E-state index in [0.717, 1.165) is 41.7 Å². The highest BCUT2D eigenvalue weighted by Crippen LogP contribution is 2.42. The number of H-pyrrole nitrogens is 1. The number of nitrogens with one attached hydrogen (secondary N) is 1. The lowest BCUT2D eigenvalue weighted by Gasteiger charge is -2.31. The number of anilines is 3. The predicted octanol–water partition coefficient (Wildman–Crippen LogP) is 0.903. The third-order valence-electron chi connectivity index (χ3n) is 5.36. The van der Waals surface area contributed by atoms with Crippen LogP contribution in [0.1, 0.15) is 25.0 Å². The summed E-state index contributed by atoms with van der Waals surface area (Å²) in [6.45, 7) is 7.23. The largest absolute Gasteiger partial charge is 0.378 e. The zero-order valence-electron chi connectivity index (χ0n) is 15.9. The van der Waals surface area contributed by atoms with Crippen LogP contribution < -0.4 is 15.6 Å². The Bertz CT molecular complexity index is 844. The van der Waals surface area contributed by atoms with Crippen LogP contribution in [-0.2, 0) is 21.5 Å². The number of morpholine rings is 1. The molecule has 2 aromatic rings. The van der Waals surface area contributed by atoms with E-state index in [1.54, 1.807) is 6.20 Å². The molecule has 0 unspecified atom stereocenters. The van der Waals surface area contributed by atoms with Crippen LogP contribution in [0.25, 0.3) is 0 Å². The topological polar surface area (TPSA) is 104 Å². The quantitative estimate of drug-likeness (QED) is 0.823. The van der Waals surface area contributed by atoms with Crippen molar-refractivity contribution >= 4 is 23.4 Å². The molecule has 0 aromatic carbocycles. The summed E-state index contributed by atoms with van der Waals surface area (Å²) >= 11 is 0. The Balaban J connectivity index is 1.88. The van der Waals surface area contributed by atoms with E-state index >= 15 is 0 Å². The van der Waals surface area contributed by atoms with Crippen LogP contribution in [0.4, 0.5) is 17.5 Å². The molecule has 27 heavy (non-hydrogen) atoms. The molecule has 9 heteroatoms. The van der Waals surface area contributed by atoms with Gasteiger partial charge in [0.2, 0.25) is 5.91 Å². The first-order chi connectivity index (χ1) is 12.9. The fraction of sp³-hybridized carbons (Fsp3) is 0.500. The molecule has 3 N–H and O–H groups in total. The van der Waals surface area contributed by atoms with Gasteiger partial charge in [-0.3, -0.25) is 9.89 Å². The summed E-state index contributed by atoms with van der Waals surface area (Å²) in [6, 6.07) is 3.91. The Morgan fingerprint density at radius 1 is 1.33 bits per heavy atom. The number of aromatic amines is 1. The van der Waals surface area contributed by atoms with Gasteiger partial charge in [0, 0.05) is 38.3 Å². The Labute approximate surface area is 158 Å². The number of amides is 1. The standard InChI is InChI=1S/C18H25N7O2/c1-18(2,17(19)26)13-10-15(24-6-8-27-9-7-24)21-16-12(13)11-23(3)25(16)14-4-5-20-22-14/h4-5,10H,6-9,11H2,1-3H3,(H2,19,26)(H,20,22). The van der Waals surface area contributed by atoms with Crippen molar-refractivity contribution in [2.75, 3.05) is 43.3 Å². The Kier molecular flexibility index (Phi) is 4.27. The summed E-state index contributed by atoms with van der Waals surface area (Å²) in [5.74, 6) is 2.11. The van der Waals surface area contributed by atoms with Crippen LogP contribution >= 0.6 is 0 Å². The summed E-state index contributed by atoms with van der Waals surface area (Å²) in [7, 11) is 1.98. The molecule has 4 heterocycles. The van der Waals surface area contributed by atoms with Crippen molar-refractivity contribution in [2.24, 2.45) is 5.73 Å². The molecule has 9 nitrogen and oxygen atoms in total. The van der Waals surface area contributed by atoms with Crippen molar-refractivity contribution in [3.63, 3.8) is 0 Å². The number of rotatable bonds is 4. The summed E-state index contributed by atoms with van der Waals surface area (Å²) in [5, 5.41) is 11.1. The van der Waals surface area contributed by atoms with E-state index in [0.29, 0.717) is 19.8 Å². The van der Waals surface area contributed by atoms with Gasteiger partial charge in [-0.2, -0.15) is 5.10 Å². The van der Waals surface area contributed by atoms with Gasteiger partial charge in [-0.1, -0.05) is 0 Å². The molecule has 2 aromatic heterocycles. The Morgan fingerprint density at radius 2 is 2.07 bits per heavy atom. The van der Waals surface area contributed by atoms with E-state index in [9.17, 15) is 4.79 Å². The lowest BCUT2D eigenvalue weighted by molar-refractivity contribution is -0.122. The molecule has 0 radical (unpaired) electrons. The number of ether oxygens (including phenoxy) is 1. The number of carbonyl (C=O) groups excluding carboxylic acids is 1. The van der Waals surface area contributed by atoms with Crippen LogP contribution in [0, 0.1) is 0 Å². The van der Waals surface area contributed by atoms with Gasteiger partial charge in [0.1, 0.15) is 11.6 Å². The number of hydrazine groups is 1. The molecule has 1 amide bonds. The highest BCUT2D eigenvalue weighted by Gasteiger charge is 2.38. The van der Waals surface area contributed by atoms with Gasteiger partial charge in [0.05, 0.1) is 24.8 Å². The van der Waals surface area contributed by atoms with Gasteiger partial charge in [-0.05, 0) is 25.5 Å². The van der Waals surface area contributed by atoms with Crippen molar-refractivity contribution in [2.45, 2.75) is 25.8 Å². The van der Waals surface area contributed by atoms with E-state index < -0.39 is 5.41 Å². The lowest BCUT2D eigenvalue weighted by atomic mass is 9.81. The highest BCUT2D eigenvalue weighted by atomic mass is 16.5. The van der Waals surface area contributed by atoms with Crippen LogP contribution in [0.15, 0.2) is 18.3 Å². The average molecular weight is 371 g/mol.